The maximum absolute atomic E-state index is 6.08. The van der Waals surface area contributed by atoms with Gasteiger partial charge in [0.05, 0.1) is 0 Å². The molecule has 0 saturated carbocycles. The van der Waals surface area contributed by atoms with Gasteiger partial charge in [0.2, 0.25) is 0 Å². The number of ether oxygens (including phenoxy) is 1. The van der Waals surface area contributed by atoms with Crippen LogP contribution < -0.4 is 10.1 Å². The second kappa shape index (κ2) is 6.92. The number of nitrogens with one attached hydrogen (secondary N) is 1. The summed E-state index contributed by atoms with van der Waals surface area (Å²) in [6.07, 6.45) is 4.16. The first-order valence-electron chi connectivity index (χ1n) is 7.43. The monoisotopic (exact) mass is 289 g/mol. The number of rotatable bonds is 5. The van der Waals surface area contributed by atoms with Gasteiger partial charge in [-0.05, 0) is 36.0 Å². The first-order chi connectivity index (χ1) is 10.9. The fourth-order valence-electron chi connectivity index (χ4n) is 2.37. The van der Waals surface area contributed by atoms with Gasteiger partial charge in [0, 0.05) is 12.1 Å². The fraction of sp³-hybridized carbons (Fsp3) is 0.100. The van der Waals surface area contributed by atoms with Crippen LogP contribution in [0.1, 0.15) is 5.56 Å². The predicted molar refractivity (Wildman–Crippen MR) is 93.4 cm³/mol. The summed E-state index contributed by atoms with van der Waals surface area (Å²) in [6.45, 7) is 0.838. The van der Waals surface area contributed by atoms with Crippen LogP contribution >= 0.6 is 0 Å². The number of para-hydroxylation sites is 1. The van der Waals surface area contributed by atoms with E-state index in [0.717, 1.165) is 23.6 Å². The minimum absolute atomic E-state index is 0.838. The van der Waals surface area contributed by atoms with Crippen LogP contribution in [0.5, 0.6) is 11.5 Å². The molecule has 0 aliphatic carbocycles. The smallest absolute Gasteiger partial charge is 0.134 e. The lowest BCUT2D eigenvalue weighted by Crippen LogP contribution is -2.03. The SMILES string of the molecule is CNCC=Cc1ccccc1Oc1ccc2ccccc2c1. The number of fused-ring (bicyclic) bond motifs is 1. The standard InChI is InChI=1S/C20H19NO/c1-21-14-6-10-17-8-4-5-11-20(17)22-19-13-12-16-7-2-3-9-18(16)15-19/h2-13,15,21H,14H2,1H3. The molecule has 0 bridgehead atoms. The highest BCUT2D eigenvalue weighted by molar-refractivity contribution is 5.83. The van der Waals surface area contributed by atoms with Crippen molar-refractivity contribution in [1.29, 1.82) is 0 Å². The molecule has 0 unspecified atom stereocenters. The van der Waals surface area contributed by atoms with E-state index in [9.17, 15) is 0 Å². The molecule has 0 aromatic heterocycles. The van der Waals surface area contributed by atoms with E-state index in [0.29, 0.717) is 0 Å². The van der Waals surface area contributed by atoms with Gasteiger partial charge >= 0.3 is 0 Å². The van der Waals surface area contributed by atoms with Crippen molar-refractivity contribution in [2.75, 3.05) is 13.6 Å². The summed E-state index contributed by atoms with van der Waals surface area (Å²) < 4.78 is 6.08. The van der Waals surface area contributed by atoms with Crippen molar-refractivity contribution in [3.8, 4) is 11.5 Å². The molecule has 3 aromatic carbocycles. The summed E-state index contributed by atoms with van der Waals surface area (Å²) in [5, 5.41) is 5.50. The maximum Gasteiger partial charge on any atom is 0.134 e. The summed E-state index contributed by atoms with van der Waals surface area (Å²) in [7, 11) is 1.93. The normalized spacial score (nSPS) is 11.1. The Morgan fingerprint density at radius 1 is 0.909 bits per heavy atom. The summed E-state index contributed by atoms with van der Waals surface area (Å²) in [5.74, 6) is 1.72. The highest BCUT2D eigenvalue weighted by Crippen LogP contribution is 2.28. The van der Waals surface area contributed by atoms with Crippen molar-refractivity contribution in [3.63, 3.8) is 0 Å². The molecule has 0 fully saturated rings. The molecule has 22 heavy (non-hydrogen) atoms. The highest BCUT2D eigenvalue weighted by Gasteiger charge is 2.03. The Labute approximate surface area is 131 Å². The lowest BCUT2D eigenvalue weighted by atomic mass is 10.1. The molecule has 0 spiro atoms. The Kier molecular flexibility index (Phi) is 4.52. The minimum atomic E-state index is 0.838. The third-order valence-corrected chi connectivity index (χ3v) is 3.49. The van der Waals surface area contributed by atoms with Crippen LogP contribution in [0, 0.1) is 0 Å². The topological polar surface area (TPSA) is 21.3 Å². The van der Waals surface area contributed by atoms with Crippen molar-refractivity contribution in [1.82, 2.24) is 5.32 Å². The zero-order chi connectivity index (χ0) is 15.2. The van der Waals surface area contributed by atoms with Crippen LogP contribution in [0.4, 0.5) is 0 Å². The minimum Gasteiger partial charge on any atom is -0.457 e. The Morgan fingerprint density at radius 2 is 1.68 bits per heavy atom. The van der Waals surface area contributed by atoms with E-state index in [4.69, 9.17) is 4.74 Å². The van der Waals surface area contributed by atoms with E-state index in [1.165, 1.54) is 10.8 Å². The molecule has 0 amide bonds. The van der Waals surface area contributed by atoms with Crippen LogP contribution in [-0.4, -0.2) is 13.6 Å². The molecular weight excluding hydrogens is 270 g/mol. The van der Waals surface area contributed by atoms with Crippen molar-refractivity contribution in [2.45, 2.75) is 0 Å². The van der Waals surface area contributed by atoms with Crippen molar-refractivity contribution in [2.24, 2.45) is 0 Å². The molecule has 0 radical (unpaired) electrons. The second-order valence-corrected chi connectivity index (χ2v) is 5.11. The summed E-state index contributed by atoms with van der Waals surface area (Å²) in [5.41, 5.74) is 1.07. The molecule has 1 N–H and O–H groups in total. The molecule has 2 nitrogen and oxygen atoms in total. The molecule has 0 aliphatic heterocycles. The van der Waals surface area contributed by atoms with Crippen LogP contribution in [0.25, 0.3) is 16.8 Å². The number of benzene rings is 3. The fourth-order valence-corrected chi connectivity index (χ4v) is 2.37. The molecule has 0 saturated heterocycles. The Hall–Kier alpha value is -2.58. The molecule has 110 valence electrons. The number of hydrogen-bond donors (Lipinski definition) is 1. The van der Waals surface area contributed by atoms with Crippen LogP contribution in [0.15, 0.2) is 72.8 Å². The van der Waals surface area contributed by atoms with E-state index in [1.54, 1.807) is 0 Å². The predicted octanol–water partition coefficient (Wildman–Crippen LogP) is 4.86. The van der Waals surface area contributed by atoms with Gasteiger partial charge in [0.15, 0.2) is 0 Å². The van der Waals surface area contributed by atoms with Gasteiger partial charge in [0.1, 0.15) is 11.5 Å². The largest absolute Gasteiger partial charge is 0.457 e. The van der Waals surface area contributed by atoms with Gasteiger partial charge in [-0.3, -0.25) is 0 Å². The Morgan fingerprint density at radius 3 is 2.55 bits per heavy atom. The third kappa shape index (κ3) is 3.35. The average molecular weight is 289 g/mol. The van der Waals surface area contributed by atoms with Gasteiger partial charge in [0.25, 0.3) is 0 Å². The highest BCUT2D eigenvalue weighted by atomic mass is 16.5. The Balaban J connectivity index is 1.88. The summed E-state index contributed by atoms with van der Waals surface area (Å²) in [4.78, 5) is 0. The maximum atomic E-state index is 6.08. The lowest BCUT2D eigenvalue weighted by Gasteiger charge is -2.09. The van der Waals surface area contributed by atoms with Gasteiger partial charge in [-0.2, -0.15) is 0 Å². The van der Waals surface area contributed by atoms with E-state index in [2.05, 4.69) is 47.8 Å². The molecule has 0 heterocycles. The Bertz CT molecular complexity index is 792. The zero-order valence-electron chi connectivity index (χ0n) is 12.6. The van der Waals surface area contributed by atoms with Crippen LogP contribution in [0.3, 0.4) is 0 Å². The summed E-state index contributed by atoms with van der Waals surface area (Å²) in [6, 6.07) is 22.5. The van der Waals surface area contributed by atoms with E-state index < -0.39 is 0 Å². The molecule has 2 heteroatoms. The van der Waals surface area contributed by atoms with Crippen molar-refractivity contribution in [3.05, 3.63) is 78.4 Å². The van der Waals surface area contributed by atoms with E-state index in [-0.39, 0.29) is 0 Å². The third-order valence-electron chi connectivity index (χ3n) is 3.49. The van der Waals surface area contributed by atoms with Gasteiger partial charge < -0.3 is 10.1 Å². The first-order valence-corrected chi connectivity index (χ1v) is 7.43. The molecule has 0 aliphatic rings. The van der Waals surface area contributed by atoms with Gasteiger partial charge in [-0.25, -0.2) is 0 Å². The van der Waals surface area contributed by atoms with E-state index in [1.807, 2.05) is 43.4 Å². The number of hydrogen-bond acceptors (Lipinski definition) is 2. The molecule has 0 atom stereocenters. The van der Waals surface area contributed by atoms with Crippen molar-refractivity contribution < 1.29 is 4.74 Å². The second-order valence-electron chi connectivity index (χ2n) is 5.11. The lowest BCUT2D eigenvalue weighted by molar-refractivity contribution is 0.482. The average Bonchev–Trinajstić information content (AvgIpc) is 2.56. The molecular formula is C20H19NO. The van der Waals surface area contributed by atoms with E-state index >= 15 is 0 Å². The molecule has 3 rings (SSSR count). The van der Waals surface area contributed by atoms with Gasteiger partial charge in [-0.1, -0.05) is 60.7 Å². The number of likely N-dealkylation sites (N-methyl/N-ethyl adjacent to an activating group) is 1. The first kappa shape index (κ1) is 14.4. The molecule has 3 aromatic rings. The van der Waals surface area contributed by atoms with Crippen LogP contribution in [0.2, 0.25) is 0 Å². The zero-order valence-corrected chi connectivity index (χ0v) is 12.6. The summed E-state index contributed by atoms with van der Waals surface area (Å²) >= 11 is 0. The van der Waals surface area contributed by atoms with Crippen molar-refractivity contribution >= 4 is 16.8 Å². The van der Waals surface area contributed by atoms with Crippen LogP contribution in [-0.2, 0) is 0 Å². The van der Waals surface area contributed by atoms with Gasteiger partial charge in [-0.15, -0.1) is 0 Å². The quantitative estimate of drug-likeness (QED) is 0.724.